The number of amides is 4. The first kappa shape index (κ1) is 23.4. The maximum Gasteiger partial charge on any atom is 0.322 e. The predicted molar refractivity (Wildman–Crippen MR) is 127 cm³/mol. The number of fused-ring (bicyclic) bond motifs is 1. The largest absolute Gasteiger partial charge is 0.493 e. The molecule has 0 radical (unpaired) electrons. The van der Waals surface area contributed by atoms with Crippen molar-refractivity contribution in [1.82, 2.24) is 15.1 Å². The van der Waals surface area contributed by atoms with Crippen LogP contribution in [-0.4, -0.2) is 68.0 Å². The van der Waals surface area contributed by atoms with Crippen LogP contribution >= 0.6 is 0 Å². The van der Waals surface area contributed by atoms with Gasteiger partial charge in [0.25, 0.3) is 5.91 Å². The van der Waals surface area contributed by atoms with Crippen molar-refractivity contribution in [3.63, 3.8) is 0 Å². The number of likely N-dealkylation sites (tertiary alicyclic amines) is 1. The Morgan fingerprint density at radius 2 is 1.53 bits per heavy atom. The van der Waals surface area contributed by atoms with Crippen LogP contribution in [0.15, 0.2) is 36.4 Å². The number of ether oxygens (including phenoxy) is 2. The van der Waals surface area contributed by atoms with Crippen molar-refractivity contribution in [1.29, 1.82) is 0 Å². The van der Waals surface area contributed by atoms with Crippen LogP contribution in [0.3, 0.4) is 0 Å². The molecular formula is C25H30N4O5. The van der Waals surface area contributed by atoms with Gasteiger partial charge < -0.3 is 29.9 Å². The normalized spacial score (nSPS) is 14.9. The number of hydrogen-bond donors (Lipinski definition) is 2. The minimum Gasteiger partial charge on any atom is -0.493 e. The minimum absolute atomic E-state index is 0.00951. The predicted octanol–water partition coefficient (Wildman–Crippen LogP) is 2.65. The highest BCUT2D eigenvalue weighted by molar-refractivity contribution is 5.97. The SMILES string of the molecule is COc1cc2c(cc1OC)CN(C(=O)Nc1ccc(C(=O)NCC(=O)N3CCCC3)cc1)CC2. The van der Waals surface area contributed by atoms with Crippen molar-refractivity contribution in [3.8, 4) is 11.5 Å². The number of anilines is 1. The van der Waals surface area contributed by atoms with Gasteiger partial charge in [0.15, 0.2) is 11.5 Å². The van der Waals surface area contributed by atoms with Gasteiger partial charge in [-0.3, -0.25) is 9.59 Å². The smallest absolute Gasteiger partial charge is 0.322 e. The molecule has 1 fully saturated rings. The van der Waals surface area contributed by atoms with E-state index in [1.807, 2.05) is 12.1 Å². The van der Waals surface area contributed by atoms with E-state index in [2.05, 4.69) is 10.6 Å². The lowest BCUT2D eigenvalue weighted by atomic mass is 9.99. The van der Waals surface area contributed by atoms with Crippen molar-refractivity contribution >= 4 is 23.5 Å². The number of rotatable bonds is 6. The summed E-state index contributed by atoms with van der Waals surface area (Å²) in [6.07, 6.45) is 2.75. The van der Waals surface area contributed by atoms with E-state index in [1.165, 1.54) is 0 Å². The third kappa shape index (κ3) is 5.24. The molecule has 180 valence electrons. The van der Waals surface area contributed by atoms with Crippen LogP contribution in [0.5, 0.6) is 11.5 Å². The number of urea groups is 1. The van der Waals surface area contributed by atoms with Crippen LogP contribution in [0.2, 0.25) is 0 Å². The molecule has 2 N–H and O–H groups in total. The van der Waals surface area contributed by atoms with Gasteiger partial charge in [-0.2, -0.15) is 0 Å². The molecule has 1 saturated heterocycles. The highest BCUT2D eigenvalue weighted by Crippen LogP contribution is 2.33. The van der Waals surface area contributed by atoms with Gasteiger partial charge in [-0.25, -0.2) is 4.79 Å². The van der Waals surface area contributed by atoms with Crippen molar-refractivity contribution in [2.45, 2.75) is 25.8 Å². The second-order valence-electron chi connectivity index (χ2n) is 8.43. The van der Waals surface area contributed by atoms with E-state index in [0.717, 1.165) is 43.5 Å². The molecule has 4 rings (SSSR count). The minimum atomic E-state index is -0.317. The summed E-state index contributed by atoms with van der Waals surface area (Å²) in [7, 11) is 3.20. The lowest BCUT2D eigenvalue weighted by molar-refractivity contribution is -0.129. The van der Waals surface area contributed by atoms with Gasteiger partial charge in [-0.05, 0) is 66.8 Å². The standard InChI is InChI=1S/C25H30N4O5/c1-33-21-13-18-9-12-29(16-19(18)14-22(21)34-2)25(32)27-20-7-5-17(6-8-20)24(31)26-15-23(30)28-10-3-4-11-28/h5-8,13-14H,3-4,9-12,15-16H2,1-2H3,(H,26,31)(H,27,32). The Morgan fingerprint density at radius 1 is 0.882 bits per heavy atom. The number of carbonyl (C=O) groups excluding carboxylic acids is 3. The molecule has 34 heavy (non-hydrogen) atoms. The molecule has 9 heteroatoms. The molecule has 4 amide bonds. The monoisotopic (exact) mass is 466 g/mol. The highest BCUT2D eigenvalue weighted by Gasteiger charge is 2.23. The lowest BCUT2D eigenvalue weighted by Gasteiger charge is -2.29. The summed E-state index contributed by atoms with van der Waals surface area (Å²) in [5.74, 6) is 0.944. The maximum absolute atomic E-state index is 12.8. The Balaban J connectivity index is 1.31. The first-order valence-electron chi connectivity index (χ1n) is 11.4. The Kier molecular flexibility index (Phi) is 7.20. The van der Waals surface area contributed by atoms with Gasteiger partial charge in [0.1, 0.15) is 0 Å². The first-order chi connectivity index (χ1) is 16.5. The fraction of sp³-hybridized carbons (Fsp3) is 0.400. The Morgan fingerprint density at radius 3 is 2.18 bits per heavy atom. The number of benzene rings is 2. The fourth-order valence-corrected chi connectivity index (χ4v) is 4.30. The Labute approximate surface area is 199 Å². The molecule has 0 aliphatic carbocycles. The molecule has 2 aromatic carbocycles. The third-order valence-electron chi connectivity index (χ3n) is 6.26. The van der Waals surface area contributed by atoms with E-state index in [1.54, 1.807) is 48.3 Å². The molecule has 0 spiro atoms. The zero-order valence-electron chi connectivity index (χ0n) is 19.6. The molecule has 0 saturated carbocycles. The molecular weight excluding hydrogens is 436 g/mol. The fourth-order valence-electron chi connectivity index (χ4n) is 4.30. The number of carbonyl (C=O) groups is 3. The summed E-state index contributed by atoms with van der Waals surface area (Å²) in [5, 5.41) is 5.56. The third-order valence-corrected chi connectivity index (χ3v) is 6.26. The van der Waals surface area contributed by atoms with Crippen molar-refractivity contribution < 1.29 is 23.9 Å². The average molecular weight is 467 g/mol. The number of nitrogens with zero attached hydrogens (tertiary/aromatic N) is 2. The van der Waals surface area contributed by atoms with Gasteiger partial charge in [-0.15, -0.1) is 0 Å². The van der Waals surface area contributed by atoms with Crippen LogP contribution in [0.1, 0.15) is 34.3 Å². The van der Waals surface area contributed by atoms with E-state index < -0.39 is 0 Å². The van der Waals surface area contributed by atoms with Crippen LogP contribution in [0.4, 0.5) is 10.5 Å². The number of hydrogen-bond acceptors (Lipinski definition) is 5. The zero-order chi connectivity index (χ0) is 24.1. The molecule has 0 unspecified atom stereocenters. The first-order valence-corrected chi connectivity index (χ1v) is 11.4. The van der Waals surface area contributed by atoms with Crippen LogP contribution in [0.25, 0.3) is 0 Å². The quantitative estimate of drug-likeness (QED) is 0.682. The lowest BCUT2D eigenvalue weighted by Crippen LogP contribution is -2.39. The second-order valence-corrected chi connectivity index (χ2v) is 8.43. The second kappa shape index (κ2) is 10.5. The summed E-state index contributed by atoms with van der Waals surface area (Å²) >= 11 is 0. The molecule has 2 heterocycles. The van der Waals surface area contributed by atoms with E-state index in [-0.39, 0.29) is 24.4 Å². The molecule has 2 aromatic rings. The van der Waals surface area contributed by atoms with Crippen molar-refractivity contribution in [2.24, 2.45) is 0 Å². The molecule has 2 aliphatic rings. The van der Waals surface area contributed by atoms with Gasteiger partial charge in [0.2, 0.25) is 5.91 Å². The summed E-state index contributed by atoms with van der Waals surface area (Å²) < 4.78 is 10.7. The summed E-state index contributed by atoms with van der Waals surface area (Å²) in [6, 6.07) is 10.3. The Bertz CT molecular complexity index is 1060. The summed E-state index contributed by atoms with van der Waals surface area (Å²) in [5.41, 5.74) is 3.18. The molecule has 0 bridgehead atoms. The van der Waals surface area contributed by atoms with E-state index in [0.29, 0.717) is 35.8 Å². The highest BCUT2D eigenvalue weighted by atomic mass is 16.5. The molecule has 9 nitrogen and oxygen atoms in total. The van der Waals surface area contributed by atoms with Gasteiger partial charge in [0.05, 0.1) is 20.8 Å². The zero-order valence-corrected chi connectivity index (χ0v) is 19.6. The summed E-state index contributed by atoms with van der Waals surface area (Å²) in [4.78, 5) is 40.8. The Hall–Kier alpha value is -3.75. The number of methoxy groups -OCH3 is 2. The van der Waals surface area contributed by atoms with Crippen molar-refractivity contribution in [3.05, 3.63) is 53.1 Å². The van der Waals surface area contributed by atoms with Gasteiger partial charge in [0, 0.05) is 37.4 Å². The van der Waals surface area contributed by atoms with Crippen molar-refractivity contribution in [2.75, 3.05) is 45.7 Å². The average Bonchev–Trinajstić information content (AvgIpc) is 3.41. The van der Waals surface area contributed by atoms with E-state index in [4.69, 9.17) is 9.47 Å². The van der Waals surface area contributed by atoms with Crippen LogP contribution < -0.4 is 20.1 Å². The van der Waals surface area contributed by atoms with Crippen LogP contribution in [-0.2, 0) is 17.8 Å². The molecule has 0 aromatic heterocycles. The van der Waals surface area contributed by atoms with E-state index >= 15 is 0 Å². The van der Waals surface area contributed by atoms with Gasteiger partial charge in [-0.1, -0.05) is 0 Å². The topological polar surface area (TPSA) is 100 Å². The summed E-state index contributed by atoms with van der Waals surface area (Å²) in [6.45, 7) is 2.55. The van der Waals surface area contributed by atoms with E-state index in [9.17, 15) is 14.4 Å². The van der Waals surface area contributed by atoms with Gasteiger partial charge >= 0.3 is 6.03 Å². The van der Waals surface area contributed by atoms with Crippen LogP contribution in [0, 0.1) is 0 Å². The maximum atomic E-state index is 12.8. The molecule has 2 aliphatic heterocycles. The number of nitrogens with one attached hydrogen (secondary N) is 2. The molecule has 0 atom stereocenters.